The van der Waals surface area contributed by atoms with Crippen LogP contribution in [0.15, 0.2) is 42.6 Å². The lowest BCUT2D eigenvalue weighted by Gasteiger charge is -2.37. The average molecular weight is 297 g/mol. The Morgan fingerprint density at radius 3 is 3.00 bits per heavy atom. The molecule has 2 heterocycles. The van der Waals surface area contributed by atoms with Gasteiger partial charge in [-0.1, -0.05) is 30.4 Å². The molecule has 0 spiro atoms. The third-order valence-electron chi connectivity index (χ3n) is 4.09. The van der Waals surface area contributed by atoms with Crippen LogP contribution in [-0.2, 0) is 13.0 Å². The van der Waals surface area contributed by atoms with Gasteiger partial charge in [0.05, 0.1) is 5.69 Å². The van der Waals surface area contributed by atoms with Crippen molar-refractivity contribution in [1.82, 2.24) is 4.98 Å². The third kappa shape index (κ3) is 2.90. The highest BCUT2D eigenvalue weighted by Gasteiger charge is 2.22. The Bertz CT molecular complexity index is 669. The van der Waals surface area contributed by atoms with Crippen molar-refractivity contribution in [1.29, 1.82) is 0 Å². The molecular formula is C17H19N3S. The minimum atomic E-state index is 0.351. The molecule has 0 saturated carbocycles. The van der Waals surface area contributed by atoms with Crippen LogP contribution < -0.4 is 10.6 Å². The zero-order valence-corrected chi connectivity index (χ0v) is 12.9. The molecule has 2 aromatic rings. The van der Waals surface area contributed by atoms with Crippen LogP contribution in [0.3, 0.4) is 0 Å². The van der Waals surface area contributed by atoms with Crippen LogP contribution in [0.2, 0.25) is 0 Å². The van der Waals surface area contributed by atoms with Crippen molar-refractivity contribution in [2.75, 3.05) is 4.90 Å². The number of fused-ring (bicyclic) bond motifs is 1. The van der Waals surface area contributed by atoms with Crippen LogP contribution in [0, 0.1) is 0 Å². The summed E-state index contributed by atoms with van der Waals surface area (Å²) < 4.78 is 0. The van der Waals surface area contributed by atoms with E-state index in [1.807, 2.05) is 12.1 Å². The number of hydrogen-bond donors (Lipinski definition) is 1. The summed E-state index contributed by atoms with van der Waals surface area (Å²) in [5.74, 6) is 0. The fourth-order valence-electron chi connectivity index (χ4n) is 2.91. The van der Waals surface area contributed by atoms with Gasteiger partial charge in [0.15, 0.2) is 0 Å². The molecule has 0 fully saturated rings. The number of para-hydroxylation sites is 1. The maximum atomic E-state index is 5.67. The second-order valence-corrected chi connectivity index (χ2v) is 6.00. The second-order valence-electron chi connectivity index (χ2n) is 5.56. The lowest BCUT2D eigenvalue weighted by Crippen LogP contribution is -2.36. The fourth-order valence-corrected chi connectivity index (χ4v) is 3.02. The SMILES string of the molecule is CC1CCc2ccccc2N1Cc1ccnc(C(N)=S)c1. The highest BCUT2D eigenvalue weighted by molar-refractivity contribution is 7.80. The summed E-state index contributed by atoms with van der Waals surface area (Å²) in [6.45, 7) is 3.14. The molecule has 3 nitrogen and oxygen atoms in total. The molecule has 0 amide bonds. The van der Waals surface area contributed by atoms with Gasteiger partial charge in [0.25, 0.3) is 0 Å². The standard InChI is InChI=1S/C17H19N3S/c1-12-6-7-14-4-2-3-5-16(14)20(12)11-13-8-9-19-15(10-13)17(18)21/h2-5,8-10,12H,6-7,11H2,1H3,(H2,18,21). The van der Waals surface area contributed by atoms with Crippen molar-refractivity contribution < 1.29 is 0 Å². The van der Waals surface area contributed by atoms with Crippen molar-refractivity contribution >= 4 is 22.9 Å². The van der Waals surface area contributed by atoms with E-state index in [1.165, 1.54) is 23.2 Å². The monoisotopic (exact) mass is 297 g/mol. The summed E-state index contributed by atoms with van der Waals surface area (Å²) in [6, 6.07) is 13.2. The van der Waals surface area contributed by atoms with E-state index in [0.717, 1.165) is 13.0 Å². The zero-order valence-electron chi connectivity index (χ0n) is 12.1. The largest absolute Gasteiger partial charge is 0.388 e. The highest BCUT2D eigenvalue weighted by Crippen LogP contribution is 2.31. The number of nitrogens with zero attached hydrogens (tertiary/aromatic N) is 2. The maximum absolute atomic E-state index is 5.67. The number of thiocarbonyl (C=S) groups is 1. The first kappa shape index (κ1) is 14.0. The fraction of sp³-hybridized carbons (Fsp3) is 0.294. The van der Waals surface area contributed by atoms with Gasteiger partial charge in [-0.2, -0.15) is 0 Å². The Morgan fingerprint density at radius 2 is 2.19 bits per heavy atom. The summed E-state index contributed by atoms with van der Waals surface area (Å²) in [5, 5.41) is 0. The van der Waals surface area contributed by atoms with Gasteiger partial charge in [-0.15, -0.1) is 0 Å². The van der Waals surface area contributed by atoms with Crippen molar-refractivity contribution in [3.63, 3.8) is 0 Å². The molecule has 1 unspecified atom stereocenters. The van der Waals surface area contributed by atoms with Gasteiger partial charge >= 0.3 is 0 Å². The summed E-state index contributed by atoms with van der Waals surface area (Å²) in [7, 11) is 0. The number of aromatic nitrogens is 1. The van der Waals surface area contributed by atoms with Crippen LogP contribution >= 0.6 is 12.2 Å². The third-order valence-corrected chi connectivity index (χ3v) is 4.30. The molecule has 0 saturated heterocycles. The van der Waals surface area contributed by atoms with E-state index in [0.29, 0.717) is 16.7 Å². The number of nitrogens with two attached hydrogens (primary N) is 1. The second kappa shape index (κ2) is 5.82. The lowest BCUT2D eigenvalue weighted by molar-refractivity contribution is 0.560. The van der Waals surface area contributed by atoms with Crippen LogP contribution in [-0.4, -0.2) is 16.0 Å². The summed E-state index contributed by atoms with van der Waals surface area (Å²) >= 11 is 5.01. The molecule has 0 bridgehead atoms. The Labute approximate surface area is 130 Å². The predicted molar refractivity (Wildman–Crippen MR) is 90.5 cm³/mol. The maximum Gasteiger partial charge on any atom is 0.122 e. The van der Waals surface area contributed by atoms with E-state index in [2.05, 4.69) is 41.1 Å². The normalized spacial score (nSPS) is 17.4. The molecule has 1 aliphatic heterocycles. The van der Waals surface area contributed by atoms with Crippen molar-refractivity contribution in [3.05, 3.63) is 59.4 Å². The molecule has 1 aromatic carbocycles. The van der Waals surface area contributed by atoms with Gasteiger partial charge in [0.2, 0.25) is 0 Å². The van der Waals surface area contributed by atoms with Crippen LogP contribution in [0.5, 0.6) is 0 Å². The molecule has 3 rings (SSSR count). The van der Waals surface area contributed by atoms with E-state index in [-0.39, 0.29) is 0 Å². The molecule has 21 heavy (non-hydrogen) atoms. The average Bonchev–Trinajstić information content (AvgIpc) is 2.50. The number of aryl methyl sites for hydroxylation is 1. The van der Waals surface area contributed by atoms with Gasteiger partial charge in [-0.3, -0.25) is 4.98 Å². The minimum Gasteiger partial charge on any atom is -0.388 e. The lowest BCUT2D eigenvalue weighted by atomic mass is 9.96. The number of benzene rings is 1. The van der Waals surface area contributed by atoms with E-state index >= 15 is 0 Å². The molecule has 1 aromatic heterocycles. The molecular weight excluding hydrogens is 278 g/mol. The van der Waals surface area contributed by atoms with Crippen LogP contribution in [0.25, 0.3) is 0 Å². The van der Waals surface area contributed by atoms with E-state index in [9.17, 15) is 0 Å². The molecule has 2 N–H and O–H groups in total. The number of hydrogen-bond acceptors (Lipinski definition) is 3. The highest BCUT2D eigenvalue weighted by atomic mass is 32.1. The Kier molecular flexibility index (Phi) is 3.88. The molecule has 0 radical (unpaired) electrons. The number of rotatable bonds is 3. The van der Waals surface area contributed by atoms with Crippen molar-refractivity contribution in [2.24, 2.45) is 5.73 Å². The molecule has 1 atom stereocenters. The quantitative estimate of drug-likeness (QED) is 0.884. The topological polar surface area (TPSA) is 42.2 Å². The van der Waals surface area contributed by atoms with Crippen molar-refractivity contribution in [2.45, 2.75) is 32.4 Å². The van der Waals surface area contributed by atoms with Gasteiger partial charge in [0.1, 0.15) is 4.99 Å². The number of pyridine rings is 1. The minimum absolute atomic E-state index is 0.351. The Morgan fingerprint density at radius 1 is 1.38 bits per heavy atom. The summed E-state index contributed by atoms with van der Waals surface area (Å²) in [6.07, 6.45) is 4.12. The summed E-state index contributed by atoms with van der Waals surface area (Å²) in [4.78, 5) is 7.02. The molecule has 1 aliphatic rings. The smallest absolute Gasteiger partial charge is 0.122 e. The van der Waals surface area contributed by atoms with Gasteiger partial charge in [-0.05, 0) is 49.1 Å². The van der Waals surface area contributed by atoms with Gasteiger partial charge < -0.3 is 10.6 Å². The van der Waals surface area contributed by atoms with Crippen molar-refractivity contribution in [3.8, 4) is 0 Å². The predicted octanol–water partition coefficient (Wildman–Crippen LogP) is 3.06. The van der Waals surface area contributed by atoms with E-state index < -0.39 is 0 Å². The first-order chi connectivity index (χ1) is 10.1. The van der Waals surface area contributed by atoms with Crippen LogP contribution in [0.1, 0.15) is 30.2 Å². The summed E-state index contributed by atoms with van der Waals surface area (Å²) in [5.41, 5.74) is 10.3. The van der Waals surface area contributed by atoms with Crippen LogP contribution in [0.4, 0.5) is 5.69 Å². The first-order valence-electron chi connectivity index (χ1n) is 7.24. The molecule has 4 heteroatoms. The Hall–Kier alpha value is -1.94. The Balaban J connectivity index is 1.90. The van der Waals surface area contributed by atoms with Gasteiger partial charge in [0, 0.05) is 24.5 Å². The zero-order chi connectivity index (χ0) is 14.8. The molecule has 108 valence electrons. The molecule has 0 aliphatic carbocycles. The van der Waals surface area contributed by atoms with Gasteiger partial charge in [-0.25, -0.2) is 0 Å². The number of anilines is 1. The first-order valence-corrected chi connectivity index (χ1v) is 7.65. The van der Waals surface area contributed by atoms with E-state index in [1.54, 1.807) is 6.20 Å². The van der Waals surface area contributed by atoms with E-state index in [4.69, 9.17) is 18.0 Å².